The maximum atomic E-state index is 12.6. The molecule has 1 heterocycles. The Morgan fingerprint density at radius 2 is 2.00 bits per heavy atom. The van der Waals surface area contributed by atoms with Crippen LogP contribution in [0.15, 0.2) is 35.9 Å². The minimum Gasteiger partial charge on any atom is -0.480 e. The number of carbonyl (C=O) groups is 3. The average molecular weight is 445 g/mol. The molecule has 0 aromatic heterocycles. The zero-order valence-corrected chi connectivity index (χ0v) is 19.8. The third-order valence-corrected chi connectivity index (χ3v) is 6.25. The number of aliphatic carboxylic acids is 1. The Balaban J connectivity index is 2.14. The first-order valence-corrected chi connectivity index (χ1v) is 11.3. The van der Waals surface area contributed by atoms with Crippen LogP contribution in [0.3, 0.4) is 0 Å². The summed E-state index contributed by atoms with van der Waals surface area (Å²) in [7, 11) is 2.15. The van der Waals surface area contributed by atoms with Crippen LogP contribution >= 0.6 is 0 Å². The van der Waals surface area contributed by atoms with E-state index < -0.39 is 23.9 Å². The number of likely N-dealkylation sites (tertiary alicyclic amines) is 1. The Bertz CT molecular complexity index is 864. The van der Waals surface area contributed by atoms with E-state index in [2.05, 4.69) is 30.3 Å². The smallest absolute Gasteiger partial charge is 0.339 e. The molecule has 1 amide bonds. The van der Waals surface area contributed by atoms with Crippen LogP contribution in [0.25, 0.3) is 0 Å². The van der Waals surface area contributed by atoms with Crippen molar-refractivity contribution >= 4 is 17.8 Å². The van der Waals surface area contributed by atoms with Crippen LogP contribution < -0.4 is 10.1 Å². The summed E-state index contributed by atoms with van der Waals surface area (Å²) in [4.78, 5) is 38.3. The third kappa shape index (κ3) is 6.66. The van der Waals surface area contributed by atoms with E-state index in [1.165, 1.54) is 13.3 Å². The number of nitrogens with one attached hydrogen (secondary N) is 1. The molecule has 2 rings (SSSR count). The lowest BCUT2D eigenvalue weighted by Gasteiger charge is -2.35. The Morgan fingerprint density at radius 1 is 1.28 bits per heavy atom. The van der Waals surface area contributed by atoms with E-state index in [4.69, 9.17) is 4.74 Å². The Labute approximate surface area is 190 Å². The molecule has 7 nitrogen and oxygen atoms in total. The van der Waals surface area contributed by atoms with Crippen molar-refractivity contribution in [3.05, 3.63) is 41.5 Å². The van der Waals surface area contributed by atoms with Crippen molar-refractivity contribution in [3.63, 3.8) is 0 Å². The summed E-state index contributed by atoms with van der Waals surface area (Å²) in [5, 5.41) is 11.6. The Hall–Kier alpha value is -2.67. The predicted molar refractivity (Wildman–Crippen MR) is 124 cm³/mol. The van der Waals surface area contributed by atoms with Gasteiger partial charge in [0.15, 0.2) is 0 Å². The van der Waals surface area contributed by atoms with E-state index >= 15 is 0 Å². The molecule has 0 saturated carbocycles. The summed E-state index contributed by atoms with van der Waals surface area (Å²) in [6.45, 7) is 9.12. The molecule has 1 saturated heterocycles. The molecule has 2 N–H and O–H groups in total. The van der Waals surface area contributed by atoms with Gasteiger partial charge in [0.05, 0.1) is 0 Å². The van der Waals surface area contributed by atoms with Crippen LogP contribution in [-0.2, 0) is 19.8 Å². The first-order valence-electron chi connectivity index (χ1n) is 11.3. The zero-order valence-electron chi connectivity index (χ0n) is 19.8. The lowest BCUT2D eigenvalue weighted by molar-refractivity contribution is -0.142. The van der Waals surface area contributed by atoms with Gasteiger partial charge in [-0.25, -0.2) is 9.59 Å². The quantitative estimate of drug-likeness (QED) is 0.362. The van der Waals surface area contributed by atoms with Crippen LogP contribution in [0, 0.1) is 5.92 Å². The maximum absolute atomic E-state index is 12.6. The van der Waals surface area contributed by atoms with E-state index in [1.54, 1.807) is 19.9 Å². The fourth-order valence-corrected chi connectivity index (χ4v) is 4.29. The molecule has 32 heavy (non-hydrogen) atoms. The molecule has 176 valence electrons. The van der Waals surface area contributed by atoms with Gasteiger partial charge in [0, 0.05) is 23.6 Å². The van der Waals surface area contributed by atoms with E-state index in [1.807, 2.05) is 12.1 Å². The van der Waals surface area contributed by atoms with Crippen molar-refractivity contribution in [2.75, 3.05) is 20.1 Å². The number of carbonyl (C=O) groups excluding carboxylic acids is 2. The zero-order chi connectivity index (χ0) is 23.9. The topological polar surface area (TPSA) is 95.9 Å². The fourth-order valence-electron chi connectivity index (χ4n) is 4.29. The lowest BCUT2D eigenvalue weighted by atomic mass is 9.74. The number of carboxylic acids is 1. The molecule has 0 bridgehead atoms. The van der Waals surface area contributed by atoms with Gasteiger partial charge in [-0.1, -0.05) is 39.3 Å². The van der Waals surface area contributed by atoms with Gasteiger partial charge in [-0.2, -0.15) is 0 Å². The Kier molecular flexibility index (Phi) is 9.01. The van der Waals surface area contributed by atoms with Crippen molar-refractivity contribution in [3.8, 4) is 5.75 Å². The first kappa shape index (κ1) is 25.6. The first-order chi connectivity index (χ1) is 15.1. The van der Waals surface area contributed by atoms with Crippen LogP contribution in [0.5, 0.6) is 5.75 Å². The minimum atomic E-state index is -1.12. The monoisotopic (exact) mass is 444 g/mol. The standard InChI is InChI=1S/C25H36N2O5/c1-6-25(12-7-8-13-27(5)16-25)19-10-9-11-20(15-19)32-24(31)18(4)14-21(28)26-22(17(2)3)23(29)30/h9-11,14-15,17,22H,6-8,12-13,16H2,1-5H3,(H,26,28)(H,29,30)/b18-14-/t22-,25?/m0/s1. The number of carboxylic acid groups (broad SMARTS) is 1. The van der Waals surface area contributed by atoms with Crippen molar-refractivity contribution < 1.29 is 24.2 Å². The van der Waals surface area contributed by atoms with Crippen LogP contribution in [0.4, 0.5) is 0 Å². The normalized spacial score (nSPS) is 21.0. The van der Waals surface area contributed by atoms with Gasteiger partial charge in [-0.15, -0.1) is 0 Å². The van der Waals surface area contributed by atoms with Crippen LogP contribution in [0.1, 0.15) is 58.9 Å². The molecule has 1 unspecified atom stereocenters. The molecule has 7 heteroatoms. The number of esters is 1. The third-order valence-electron chi connectivity index (χ3n) is 6.25. The molecule has 1 aromatic carbocycles. The number of hydrogen-bond acceptors (Lipinski definition) is 5. The fraction of sp³-hybridized carbons (Fsp3) is 0.560. The molecule has 1 aromatic rings. The summed E-state index contributed by atoms with van der Waals surface area (Å²) in [5.41, 5.74) is 1.26. The molecule has 0 spiro atoms. The highest BCUT2D eigenvalue weighted by molar-refractivity contribution is 5.99. The number of nitrogens with zero attached hydrogens (tertiary/aromatic N) is 1. The number of hydrogen-bond donors (Lipinski definition) is 2. The SMILES string of the molecule is CCC1(c2cccc(OC(=O)/C(C)=C\C(=O)N[C@H](C(=O)O)C(C)C)c2)CCCCN(C)C1. The second kappa shape index (κ2) is 11.3. The van der Waals surface area contributed by atoms with Gasteiger partial charge >= 0.3 is 11.9 Å². The highest BCUT2D eigenvalue weighted by atomic mass is 16.5. The number of rotatable bonds is 8. The average Bonchev–Trinajstić information content (AvgIpc) is 2.93. The van der Waals surface area contributed by atoms with E-state index in [9.17, 15) is 19.5 Å². The molecule has 1 aliphatic rings. The van der Waals surface area contributed by atoms with Crippen LogP contribution in [-0.4, -0.2) is 54.0 Å². The van der Waals surface area contributed by atoms with Crippen molar-refractivity contribution in [2.24, 2.45) is 5.92 Å². The van der Waals surface area contributed by atoms with Gasteiger partial charge in [-0.3, -0.25) is 4.79 Å². The van der Waals surface area contributed by atoms with Gasteiger partial charge < -0.3 is 20.1 Å². The second-order valence-corrected chi connectivity index (χ2v) is 9.14. The molecular formula is C25H36N2O5. The van der Waals surface area contributed by atoms with E-state index in [0.717, 1.165) is 44.0 Å². The van der Waals surface area contributed by atoms with Crippen LogP contribution in [0.2, 0.25) is 0 Å². The molecule has 0 radical (unpaired) electrons. The minimum absolute atomic E-state index is 0.0150. The van der Waals surface area contributed by atoms with Crippen molar-refractivity contribution in [1.82, 2.24) is 10.2 Å². The lowest BCUT2D eigenvalue weighted by Crippen LogP contribution is -2.43. The largest absolute Gasteiger partial charge is 0.480 e. The molecule has 1 aliphatic heterocycles. The van der Waals surface area contributed by atoms with Gasteiger partial charge in [0.1, 0.15) is 11.8 Å². The number of ether oxygens (including phenoxy) is 1. The molecule has 0 aliphatic carbocycles. The highest BCUT2D eigenvalue weighted by Crippen LogP contribution is 2.37. The summed E-state index contributed by atoms with van der Waals surface area (Å²) in [6, 6.07) is 6.62. The summed E-state index contributed by atoms with van der Waals surface area (Å²) >= 11 is 0. The number of benzene rings is 1. The maximum Gasteiger partial charge on any atom is 0.339 e. The molecule has 2 atom stereocenters. The van der Waals surface area contributed by atoms with E-state index in [-0.39, 0.29) is 16.9 Å². The predicted octanol–water partition coefficient (Wildman–Crippen LogP) is 3.53. The number of amides is 1. The van der Waals surface area contributed by atoms with Crippen molar-refractivity contribution in [2.45, 2.75) is 64.8 Å². The summed E-state index contributed by atoms with van der Waals surface area (Å²) in [6.07, 6.45) is 5.50. The van der Waals surface area contributed by atoms with Gasteiger partial charge in [0.25, 0.3) is 0 Å². The number of likely N-dealkylation sites (N-methyl/N-ethyl adjacent to an activating group) is 1. The molecule has 1 fully saturated rings. The molecular weight excluding hydrogens is 408 g/mol. The van der Waals surface area contributed by atoms with E-state index in [0.29, 0.717) is 5.75 Å². The summed E-state index contributed by atoms with van der Waals surface area (Å²) < 4.78 is 5.54. The van der Waals surface area contributed by atoms with Gasteiger partial charge in [0.2, 0.25) is 5.91 Å². The summed E-state index contributed by atoms with van der Waals surface area (Å²) in [5.74, 6) is -2.24. The van der Waals surface area contributed by atoms with Crippen molar-refractivity contribution in [1.29, 1.82) is 0 Å². The van der Waals surface area contributed by atoms with Gasteiger partial charge in [-0.05, 0) is 63.4 Å². The second-order valence-electron chi connectivity index (χ2n) is 9.14. The highest BCUT2D eigenvalue weighted by Gasteiger charge is 2.33. The Morgan fingerprint density at radius 3 is 2.62 bits per heavy atom.